The highest BCUT2D eigenvalue weighted by Crippen LogP contribution is 2.35. The molecule has 114 valence electrons. The molecule has 2 heterocycles. The third-order valence-corrected chi connectivity index (χ3v) is 4.90. The Morgan fingerprint density at radius 1 is 1.43 bits per heavy atom. The van der Waals surface area contributed by atoms with Crippen LogP contribution in [-0.4, -0.2) is 40.3 Å². The Morgan fingerprint density at radius 3 is 2.76 bits per heavy atom. The smallest absolute Gasteiger partial charge is 0.246 e. The number of nitrogens with one attached hydrogen (secondary N) is 1. The van der Waals surface area contributed by atoms with Crippen LogP contribution in [0.2, 0.25) is 0 Å². The Morgan fingerprint density at radius 2 is 2.19 bits per heavy atom. The Labute approximate surface area is 128 Å². The number of hydrogen-bond donors (Lipinski definition) is 1. The Kier molecular flexibility index (Phi) is 3.97. The fraction of sp³-hybridized carbons (Fsp3) is 0.667. The predicted octanol–water partition coefficient (Wildman–Crippen LogP) is 1.45. The number of aromatic nitrogens is 1. The van der Waals surface area contributed by atoms with Gasteiger partial charge in [0.2, 0.25) is 11.8 Å². The van der Waals surface area contributed by atoms with Gasteiger partial charge in [-0.25, -0.2) is 4.98 Å². The monoisotopic (exact) mass is 307 g/mol. The summed E-state index contributed by atoms with van der Waals surface area (Å²) in [4.78, 5) is 31.1. The van der Waals surface area contributed by atoms with Crippen LogP contribution < -0.4 is 5.32 Å². The zero-order valence-corrected chi connectivity index (χ0v) is 13.2. The lowest BCUT2D eigenvalue weighted by molar-refractivity contribution is -0.151. The van der Waals surface area contributed by atoms with Gasteiger partial charge in [0.05, 0.1) is 11.2 Å². The van der Waals surface area contributed by atoms with Crippen molar-refractivity contribution in [3.63, 3.8) is 0 Å². The summed E-state index contributed by atoms with van der Waals surface area (Å²) in [6.07, 6.45) is 2.80. The second kappa shape index (κ2) is 5.75. The van der Waals surface area contributed by atoms with E-state index in [0.717, 1.165) is 18.5 Å². The summed E-state index contributed by atoms with van der Waals surface area (Å²) in [7, 11) is 0. The molecule has 5 nitrogen and oxygen atoms in total. The van der Waals surface area contributed by atoms with Crippen LogP contribution in [0.4, 0.5) is 0 Å². The molecule has 1 saturated carbocycles. The van der Waals surface area contributed by atoms with Gasteiger partial charge in [-0.3, -0.25) is 9.59 Å². The van der Waals surface area contributed by atoms with Gasteiger partial charge in [-0.05, 0) is 24.7 Å². The van der Waals surface area contributed by atoms with E-state index in [1.54, 1.807) is 21.7 Å². The standard InChI is InChI=1S/C15H21N3O2S/c1-9(2)13-14(19)17-12(10-3-4-10)15(20)18(13)6-5-11-7-21-8-16-11/h7-10,12-13H,3-6H2,1-2H3,(H,17,19). The van der Waals surface area contributed by atoms with E-state index in [2.05, 4.69) is 10.3 Å². The zero-order valence-electron chi connectivity index (χ0n) is 12.4. The summed E-state index contributed by atoms with van der Waals surface area (Å²) in [5.41, 5.74) is 2.79. The average molecular weight is 307 g/mol. The third-order valence-electron chi connectivity index (χ3n) is 4.27. The number of rotatable bonds is 5. The lowest BCUT2D eigenvalue weighted by atomic mass is 9.95. The van der Waals surface area contributed by atoms with Gasteiger partial charge >= 0.3 is 0 Å². The van der Waals surface area contributed by atoms with Crippen molar-refractivity contribution in [1.29, 1.82) is 0 Å². The lowest BCUT2D eigenvalue weighted by Gasteiger charge is -2.41. The normalized spacial score (nSPS) is 26.3. The first-order valence-electron chi connectivity index (χ1n) is 7.56. The zero-order chi connectivity index (χ0) is 15.0. The fourth-order valence-corrected chi connectivity index (χ4v) is 3.61. The minimum Gasteiger partial charge on any atom is -0.342 e. The molecule has 1 N–H and O–H groups in total. The average Bonchev–Trinajstić information content (AvgIpc) is 3.15. The van der Waals surface area contributed by atoms with Gasteiger partial charge in [-0.2, -0.15) is 0 Å². The lowest BCUT2D eigenvalue weighted by Crippen LogP contribution is -2.65. The second-order valence-electron chi connectivity index (χ2n) is 6.27. The van der Waals surface area contributed by atoms with Crippen LogP contribution in [0.15, 0.2) is 10.9 Å². The molecule has 1 aromatic rings. The molecular weight excluding hydrogens is 286 g/mol. The molecule has 0 radical (unpaired) electrons. The number of nitrogens with zero attached hydrogens (tertiary/aromatic N) is 2. The van der Waals surface area contributed by atoms with E-state index in [0.29, 0.717) is 18.9 Å². The maximum atomic E-state index is 12.7. The van der Waals surface area contributed by atoms with E-state index in [1.165, 1.54) is 0 Å². The van der Waals surface area contributed by atoms with Crippen molar-refractivity contribution in [3.05, 3.63) is 16.6 Å². The van der Waals surface area contributed by atoms with E-state index >= 15 is 0 Å². The highest BCUT2D eigenvalue weighted by atomic mass is 32.1. The number of piperazine rings is 1. The topological polar surface area (TPSA) is 62.3 Å². The minimum absolute atomic E-state index is 0.000206. The molecule has 0 spiro atoms. The van der Waals surface area contributed by atoms with Crippen molar-refractivity contribution in [1.82, 2.24) is 15.2 Å². The van der Waals surface area contributed by atoms with E-state index < -0.39 is 0 Å². The quantitative estimate of drug-likeness (QED) is 0.895. The third kappa shape index (κ3) is 2.95. The van der Waals surface area contributed by atoms with Gasteiger partial charge in [0.1, 0.15) is 12.1 Å². The molecule has 6 heteroatoms. The number of hydrogen-bond acceptors (Lipinski definition) is 4. The van der Waals surface area contributed by atoms with Gasteiger partial charge in [0.15, 0.2) is 0 Å². The van der Waals surface area contributed by atoms with Crippen molar-refractivity contribution < 1.29 is 9.59 Å². The Balaban J connectivity index is 1.76. The van der Waals surface area contributed by atoms with Crippen LogP contribution >= 0.6 is 11.3 Å². The highest BCUT2D eigenvalue weighted by Gasteiger charge is 2.47. The molecular formula is C15H21N3O2S. The van der Waals surface area contributed by atoms with Crippen molar-refractivity contribution in [2.24, 2.45) is 11.8 Å². The summed E-state index contributed by atoms with van der Waals surface area (Å²) < 4.78 is 0. The molecule has 21 heavy (non-hydrogen) atoms. The fourth-order valence-electron chi connectivity index (χ4n) is 3.01. The van der Waals surface area contributed by atoms with E-state index in [1.807, 2.05) is 19.2 Å². The van der Waals surface area contributed by atoms with Gasteiger partial charge < -0.3 is 10.2 Å². The van der Waals surface area contributed by atoms with Gasteiger partial charge in [-0.15, -0.1) is 11.3 Å². The van der Waals surface area contributed by atoms with Crippen molar-refractivity contribution >= 4 is 23.2 Å². The molecule has 2 aliphatic rings. The predicted molar refractivity (Wildman–Crippen MR) is 80.8 cm³/mol. The van der Waals surface area contributed by atoms with Crippen LogP contribution in [-0.2, 0) is 16.0 Å². The highest BCUT2D eigenvalue weighted by molar-refractivity contribution is 7.07. The van der Waals surface area contributed by atoms with Crippen molar-refractivity contribution in [2.75, 3.05) is 6.54 Å². The van der Waals surface area contributed by atoms with Gasteiger partial charge in [0.25, 0.3) is 0 Å². The van der Waals surface area contributed by atoms with Crippen molar-refractivity contribution in [3.8, 4) is 0 Å². The minimum atomic E-state index is -0.355. The first kappa shape index (κ1) is 14.5. The van der Waals surface area contributed by atoms with Crippen LogP contribution in [0.5, 0.6) is 0 Å². The maximum absolute atomic E-state index is 12.7. The van der Waals surface area contributed by atoms with Crippen molar-refractivity contribution in [2.45, 2.75) is 45.2 Å². The number of amides is 2. The molecule has 2 unspecified atom stereocenters. The molecule has 3 rings (SSSR count). The Hall–Kier alpha value is -1.43. The van der Waals surface area contributed by atoms with Crippen LogP contribution in [0.1, 0.15) is 32.4 Å². The summed E-state index contributed by atoms with van der Waals surface area (Å²) in [6, 6.07) is -0.658. The second-order valence-corrected chi connectivity index (χ2v) is 6.99. The van der Waals surface area contributed by atoms with E-state index in [-0.39, 0.29) is 29.8 Å². The first-order valence-corrected chi connectivity index (χ1v) is 8.50. The SMILES string of the molecule is CC(C)C1C(=O)NC(C2CC2)C(=O)N1CCc1cscn1. The maximum Gasteiger partial charge on any atom is 0.246 e. The number of carbonyl (C=O) groups is 2. The molecule has 1 aromatic heterocycles. The van der Waals surface area contributed by atoms with Crippen LogP contribution in [0, 0.1) is 11.8 Å². The molecule has 2 atom stereocenters. The molecule has 1 saturated heterocycles. The van der Waals surface area contributed by atoms with E-state index in [9.17, 15) is 9.59 Å². The molecule has 1 aliphatic heterocycles. The summed E-state index contributed by atoms with van der Waals surface area (Å²) in [5, 5.41) is 4.94. The molecule has 2 fully saturated rings. The largest absolute Gasteiger partial charge is 0.342 e. The van der Waals surface area contributed by atoms with Gasteiger partial charge in [-0.1, -0.05) is 13.8 Å². The molecule has 1 aliphatic carbocycles. The summed E-state index contributed by atoms with van der Waals surface area (Å²) >= 11 is 1.56. The van der Waals surface area contributed by atoms with Crippen LogP contribution in [0.25, 0.3) is 0 Å². The number of thiazole rings is 1. The first-order chi connectivity index (χ1) is 10.1. The van der Waals surface area contributed by atoms with Crippen LogP contribution in [0.3, 0.4) is 0 Å². The van der Waals surface area contributed by atoms with E-state index in [4.69, 9.17) is 0 Å². The molecule has 0 aromatic carbocycles. The molecule has 2 amide bonds. The molecule has 0 bridgehead atoms. The number of carbonyl (C=O) groups excluding carboxylic acids is 2. The Bertz CT molecular complexity index is 525. The summed E-state index contributed by atoms with van der Waals surface area (Å²) in [6.45, 7) is 4.55. The van der Waals surface area contributed by atoms with Gasteiger partial charge in [0, 0.05) is 18.3 Å². The summed E-state index contributed by atoms with van der Waals surface area (Å²) in [5.74, 6) is 0.548.